The van der Waals surface area contributed by atoms with Crippen LogP contribution >= 0.6 is 27.3 Å². The highest BCUT2D eigenvalue weighted by Crippen LogP contribution is 2.45. The van der Waals surface area contributed by atoms with Gasteiger partial charge in [0.2, 0.25) is 0 Å². The number of fused-ring (bicyclic) bond motifs is 1. The molecule has 1 atom stereocenters. The van der Waals surface area contributed by atoms with Crippen LogP contribution in [0.4, 0.5) is 0 Å². The highest BCUT2D eigenvalue weighted by atomic mass is 79.9. The highest BCUT2D eigenvalue weighted by molar-refractivity contribution is 9.10. The maximum absolute atomic E-state index is 3.65. The number of rotatable bonds is 4. The van der Waals surface area contributed by atoms with E-state index in [2.05, 4.69) is 51.7 Å². The van der Waals surface area contributed by atoms with Crippen LogP contribution in [-0.4, -0.2) is 6.54 Å². The zero-order chi connectivity index (χ0) is 11.8. The largest absolute Gasteiger partial charge is 0.310 e. The number of nitrogens with one attached hydrogen (secondary N) is 1. The lowest BCUT2D eigenvalue weighted by molar-refractivity contribution is 0.500. The van der Waals surface area contributed by atoms with E-state index < -0.39 is 0 Å². The summed E-state index contributed by atoms with van der Waals surface area (Å²) in [5.41, 5.74) is 1.50. The Morgan fingerprint density at radius 2 is 2.29 bits per heavy atom. The van der Waals surface area contributed by atoms with E-state index in [0.717, 1.165) is 12.5 Å². The Hall–Kier alpha value is -0.380. The predicted molar refractivity (Wildman–Crippen MR) is 78.7 cm³/mol. The second-order valence-electron chi connectivity index (χ2n) is 4.68. The third-order valence-corrected chi connectivity index (χ3v) is 5.40. The Labute approximate surface area is 114 Å². The average molecular weight is 310 g/mol. The van der Waals surface area contributed by atoms with Crippen molar-refractivity contribution < 1.29 is 0 Å². The minimum atomic E-state index is 0.558. The van der Waals surface area contributed by atoms with Crippen molar-refractivity contribution >= 4 is 37.4 Å². The Bertz CT molecular complexity index is 530. The Morgan fingerprint density at radius 1 is 1.47 bits per heavy atom. The van der Waals surface area contributed by atoms with Gasteiger partial charge in [0.05, 0.1) is 0 Å². The first-order chi connectivity index (χ1) is 8.31. The summed E-state index contributed by atoms with van der Waals surface area (Å²) >= 11 is 5.49. The van der Waals surface area contributed by atoms with Gasteiger partial charge in [0.25, 0.3) is 0 Å². The molecule has 0 amide bonds. The van der Waals surface area contributed by atoms with Crippen LogP contribution in [0.2, 0.25) is 0 Å². The zero-order valence-electron chi connectivity index (χ0n) is 9.87. The topological polar surface area (TPSA) is 12.0 Å². The van der Waals surface area contributed by atoms with Gasteiger partial charge in [-0.1, -0.05) is 19.1 Å². The molecule has 2 aromatic rings. The fourth-order valence-electron chi connectivity index (χ4n) is 2.46. The van der Waals surface area contributed by atoms with E-state index in [-0.39, 0.29) is 0 Å². The Kier molecular flexibility index (Phi) is 3.24. The average Bonchev–Trinajstić information content (AvgIpc) is 3.07. The number of halogens is 1. The van der Waals surface area contributed by atoms with E-state index in [1.54, 1.807) is 0 Å². The minimum absolute atomic E-state index is 0.558. The summed E-state index contributed by atoms with van der Waals surface area (Å²) in [6, 6.07) is 7.07. The quantitative estimate of drug-likeness (QED) is 0.861. The van der Waals surface area contributed by atoms with Crippen molar-refractivity contribution in [2.45, 2.75) is 25.8 Å². The molecule has 17 heavy (non-hydrogen) atoms. The van der Waals surface area contributed by atoms with Gasteiger partial charge in [-0.25, -0.2) is 0 Å². The van der Waals surface area contributed by atoms with Gasteiger partial charge in [-0.05, 0) is 63.6 Å². The first-order valence-corrected chi connectivity index (χ1v) is 7.87. The monoisotopic (exact) mass is 309 g/mol. The van der Waals surface area contributed by atoms with Gasteiger partial charge in [-0.3, -0.25) is 0 Å². The SMILES string of the molecule is CCNC(c1csc2c(Br)cccc12)C1CC1. The lowest BCUT2D eigenvalue weighted by atomic mass is 10.0. The van der Waals surface area contributed by atoms with Crippen molar-refractivity contribution in [2.24, 2.45) is 5.92 Å². The van der Waals surface area contributed by atoms with E-state index in [4.69, 9.17) is 0 Å². The molecule has 1 aromatic carbocycles. The summed E-state index contributed by atoms with van der Waals surface area (Å²) in [7, 11) is 0. The summed E-state index contributed by atoms with van der Waals surface area (Å²) in [5, 5.41) is 7.40. The fourth-order valence-corrected chi connectivity index (χ4v) is 4.12. The third kappa shape index (κ3) is 2.16. The number of hydrogen-bond donors (Lipinski definition) is 1. The van der Waals surface area contributed by atoms with Crippen LogP contribution < -0.4 is 5.32 Å². The number of hydrogen-bond acceptors (Lipinski definition) is 2. The van der Waals surface area contributed by atoms with Gasteiger partial charge >= 0.3 is 0 Å². The molecule has 1 N–H and O–H groups in total. The van der Waals surface area contributed by atoms with Gasteiger partial charge in [-0.15, -0.1) is 11.3 Å². The summed E-state index contributed by atoms with van der Waals surface area (Å²) in [6.45, 7) is 3.24. The Balaban J connectivity index is 2.06. The van der Waals surface area contributed by atoms with Crippen LogP contribution in [0.3, 0.4) is 0 Å². The molecule has 1 nitrogen and oxygen atoms in total. The van der Waals surface area contributed by atoms with Crippen molar-refractivity contribution in [2.75, 3.05) is 6.54 Å². The first-order valence-electron chi connectivity index (χ1n) is 6.20. The molecule has 1 saturated carbocycles. The first kappa shape index (κ1) is 11.7. The molecule has 0 saturated heterocycles. The second-order valence-corrected chi connectivity index (χ2v) is 6.41. The van der Waals surface area contributed by atoms with Crippen LogP contribution in [0.5, 0.6) is 0 Å². The summed E-state index contributed by atoms with van der Waals surface area (Å²) < 4.78 is 2.60. The van der Waals surface area contributed by atoms with Crippen molar-refractivity contribution in [3.8, 4) is 0 Å². The number of benzene rings is 1. The zero-order valence-corrected chi connectivity index (χ0v) is 12.3. The standard InChI is InChI=1S/C14H16BrNS/c1-2-16-13(9-6-7-9)11-8-17-14-10(11)4-3-5-12(14)15/h3-5,8-9,13,16H,2,6-7H2,1H3. The molecular formula is C14H16BrNS. The molecule has 1 aliphatic rings. The predicted octanol–water partition coefficient (Wildman–Crippen LogP) is 4.72. The van der Waals surface area contributed by atoms with Gasteiger partial charge in [0.1, 0.15) is 0 Å². The molecule has 1 fully saturated rings. The van der Waals surface area contributed by atoms with Gasteiger partial charge in [-0.2, -0.15) is 0 Å². The van der Waals surface area contributed by atoms with E-state index in [1.807, 2.05) is 11.3 Å². The molecule has 3 heteroatoms. The van der Waals surface area contributed by atoms with Crippen molar-refractivity contribution in [3.63, 3.8) is 0 Å². The molecular weight excluding hydrogens is 294 g/mol. The smallest absolute Gasteiger partial charge is 0.0488 e. The van der Waals surface area contributed by atoms with Crippen LogP contribution in [0.25, 0.3) is 10.1 Å². The van der Waals surface area contributed by atoms with Gasteiger partial charge < -0.3 is 5.32 Å². The minimum Gasteiger partial charge on any atom is -0.310 e. The van der Waals surface area contributed by atoms with Crippen LogP contribution in [0, 0.1) is 5.92 Å². The second kappa shape index (κ2) is 4.71. The summed E-state index contributed by atoms with van der Waals surface area (Å²) in [6.07, 6.45) is 2.76. The van der Waals surface area contributed by atoms with E-state index >= 15 is 0 Å². The van der Waals surface area contributed by atoms with Crippen molar-refractivity contribution in [1.82, 2.24) is 5.32 Å². The fraction of sp³-hybridized carbons (Fsp3) is 0.429. The van der Waals surface area contributed by atoms with Crippen LogP contribution in [0.1, 0.15) is 31.4 Å². The molecule has 1 heterocycles. The molecule has 0 radical (unpaired) electrons. The van der Waals surface area contributed by atoms with Gasteiger partial charge in [0.15, 0.2) is 0 Å². The Morgan fingerprint density at radius 3 is 3.00 bits per heavy atom. The molecule has 1 unspecified atom stereocenters. The molecule has 90 valence electrons. The van der Waals surface area contributed by atoms with E-state index in [9.17, 15) is 0 Å². The van der Waals surface area contributed by atoms with Gasteiger partial charge in [0, 0.05) is 15.2 Å². The van der Waals surface area contributed by atoms with Crippen LogP contribution in [-0.2, 0) is 0 Å². The van der Waals surface area contributed by atoms with Crippen LogP contribution in [0.15, 0.2) is 28.1 Å². The molecule has 1 aromatic heterocycles. The van der Waals surface area contributed by atoms with Crippen molar-refractivity contribution in [1.29, 1.82) is 0 Å². The van der Waals surface area contributed by atoms with E-state index in [1.165, 1.54) is 33.0 Å². The molecule has 0 aliphatic heterocycles. The lowest BCUT2D eigenvalue weighted by Crippen LogP contribution is -2.22. The normalized spacial score (nSPS) is 17.5. The maximum Gasteiger partial charge on any atom is 0.0488 e. The van der Waals surface area contributed by atoms with E-state index in [0.29, 0.717) is 6.04 Å². The molecule has 0 bridgehead atoms. The summed E-state index contributed by atoms with van der Waals surface area (Å²) in [5.74, 6) is 0.853. The molecule has 3 rings (SSSR count). The number of thiophene rings is 1. The maximum atomic E-state index is 3.65. The van der Waals surface area contributed by atoms with Crippen molar-refractivity contribution in [3.05, 3.63) is 33.6 Å². The summed E-state index contributed by atoms with van der Waals surface area (Å²) in [4.78, 5) is 0. The third-order valence-electron chi connectivity index (χ3n) is 3.43. The lowest BCUT2D eigenvalue weighted by Gasteiger charge is -2.16. The molecule has 1 aliphatic carbocycles. The molecule has 0 spiro atoms. The highest BCUT2D eigenvalue weighted by Gasteiger charge is 2.33.